The molecular formula is C31H39N2+. The van der Waals surface area contributed by atoms with Crippen LogP contribution in [0.1, 0.15) is 91.3 Å². The molecule has 2 aromatic heterocycles. The van der Waals surface area contributed by atoms with Gasteiger partial charge < -0.3 is 0 Å². The number of nitrogens with zero attached hydrogens (tertiary/aromatic N) is 2. The zero-order valence-corrected chi connectivity index (χ0v) is 21.7. The molecule has 5 rings (SSSR count). The summed E-state index contributed by atoms with van der Waals surface area (Å²) in [6.07, 6.45) is 7.90. The molecular weight excluding hydrogens is 400 g/mol. The Morgan fingerprint density at radius 3 is 2.18 bits per heavy atom. The van der Waals surface area contributed by atoms with Crippen LogP contribution in [0.25, 0.3) is 22.5 Å². The van der Waals surface area contributed by atoms with E-state index < -0.39 is 0 Å². The zero-order valence-electron chi connectivity index (χ0n) is 21.7. The Bertz CT molecular complexity index is 1240. The molecule has 3 aromatic rings. The Morgan fingerprint density at radius 2 is 1.55 bits per heavy atom. The Balaban J connectivity index is 1.73. The van der Waals surface area contributed by atoms with E-state index in [9.17, 15) is 0 Å². The lowest BCUT2D eigenvalue weighted by Gasteiger charge is -2.30. The monoisotopic (exact) mass is 439 g/mol. The van der Waals surface area contributed by atoms with Crippen LogP contribution in [0.2, 0.25) is 0 Å². The van der Waals surface area contributed by atoms with Gasteiger partial charge in [0.2, 0.25) is 5.69 Å². The van der Waals surface area contributed by atoms with Gasteiger partial charge >= 0.3 is 0 Å². The van der Waals surface area contributed by atoms with E-state index in [2.05, 4.69) is 109 Å². The highest BCUT2D eigenvalue weighted by molar-refractivity contribution is 5.74. The van der Waals surface area contributed by atoms with Crippen molar-refractivity contribution in [3.05, 3.63) is 71.5 Å². The lowest BCUT2D eigenvalue weighted by Crippen LogP contribution is -2.54. The summed E-state index contributed by atoms with van der Waals surface area (Å²) in [5, 5.41) is 0. The zero-order chi connectivity index (χ0) is 23.8. The minimum absolute atomic E-state index is 0.114. The number of aromatic nitrogens is 2. The van der Waals surface area contributed by atoms with Crippen LogP contribution in [-0.2, 0) is 21.8 Å². The molecule has 1 fully saturated rings. The van der Waals surface area contributed by atoms with Gasteiger partial charge in [0.15, 0.2) is 11.7 Å². The van der Waals surface area contributed by atoms with E-state index >= 15 is 0 Å². The summed E-state index contributed by atoms with van der Waals surface area (Å²) >= 11 is 0. The first-order valence-electron chi connectivity index (χ1n) is 12.7. The van der Waals surface area contributed by atoms with Gasteiger partial charge in [-0.25, -0.2) is 0 Å². The van der Waals surface area contributed by atoms with Crippen LogP contribution < -0.4 is 4.57 Å². The molecule has 172 valence electrons. The molecule has 1 aliphatic carbocycles. The highest BCUT2D eigenvalue weighted by atomic mass is 15.2. The van der Waals surface area contributed by atoms with Crippen molar-refractivity contribution in [1.82, 2.24) is 4.98 Å². The number of benzene rings is 1. The van der Waals surface area contributed by atoms with E-state index in [0.29, 0.717) is 0 Å². The molecule has 0 spiro atoms. The predicted molar refractivity (Wildman–Crippen MR) is 138 cm³/mol. The second-order valence-electron chi connectivity index (χ2n) is 12.4. The maximum atomic E-state index is 4.78. The van der Waals surface area contributed by atoms with Crippen LogP contribution in [0.5, 0.6) is 0 Å². The van der Waals surface area contributed by atoms with E-state index in [-0.39, 0.29) is 21.8 Å². The number of hydrogen-bond donors (Lipinski definition) is 0. The molecule has 33 heavy (non-hydrogen) atoms. The summed E-state index contributed by atoms with van der Waals surface area (Å²) in [6, 6.07) is 16.4. The molecule has 2 nitrogen and oxygen atoms in total. The molecule has 3 heterocycles. The second-order valence-corrected chi connectivity index (χ2v) is 12.4. The van der Waals surface area contributed by atoms with Gasteiger partial charge in [-0.1, -0.05) is 61.5 Å². The standard InChI is InChI=1S/C31H39N2/c1-9-30-20-31(30,10-2)33-16-14-23(29(6,7)8)19-27(33)24-12-11-21(17-25(24)30)26-18-22(13-15-32-26)28(3,4)5/h11-19H,9-10,20H2,1-8H3/q+1. The van der Waals surface area contributed by atoms with Crippen LogP contribution in [0, 0.1) is 0 Å². The van der Waals surface area contributed by atoms with Crippen LogP contribution in [0.4, 0.5) is 0 Å². The average molecular weight is 440 g/mol. The smallest absolute Gasteiger partial charge is 0.213 e. The summed E-state index contributed by atoms with van der Waals surface area (Å²) in [5.74, 6) is 0. The summed E-state index contributed by atoms with van der Waals surface area (Å²) < 4.78 is 2.62. The highest BCUT2D eigenvalue weighted by Crippen LogP contribution is 2.67. The van der Waals surface area contributed by atoms with Crippen molar-refractivity contribution in [2.45, 2.75) is 96.4 Å². The molecule has 2 unspecified atom stereocenters. The van der Waals surface area contributed by atoms with Crippen LogP contribution in [0.15, 0.2) is 54.9 Å². The van der Waals surface area contributed by atoms with Gasteiger partial charge in [-0.05, 0) is 58.2 Å². The summed E-state index contributed by atoms with van der Waals surface area (Å²) in [5.41, 5.74) is 10.0. The van der Waals surface area contributed by atoms with Gasteiger partial charge in [0, 0.05) is 36.7 Å². The Morgan fingerprint density at radius 1 is 0.848 bits per heavy atom. The summed E-state index contributed by atoms with van der Waals surface area (Å²) in [4.78, 5) is 4.78. The fourth-order valence-electron chi connectivity index (χ4n) is 6.32. The Kier molecular flexibility index (Phi) is 4.74. The van der Waals surface area contributed by atoms with Crippen molar-refractivity contribution < 1.29 is 4.57 Å². The van der Waals surface area contributed by atoms with Gasteiger partial charge in [-0.15, -0.1) is 0 Å². The quantitative estimate of drug-likeness (QED) is 0.387. The van der Waals surface area contributed by atoms with Crippen molar-refractivity contribution in [3.8, 4) is 22.5 Å². The van der Waals surface area contributed by atoms with Crippen LogP contribution in [-0.4, -0.2) is 4.98 Å². The van der Waals surface area contributed by atoms with Crippen molar-refractivity contribution >= 4 is 0 Å². The lowest BCUT2D eigenvalue weighted by molar-refractivity contribution is -0.735. The third-order valence-corrected chi connectivity index (χ3v) is 8.56. The third kappa shape index (κ3) is 3.13. The number of fused-ring (bicyclic) bond motifs is 6. The van der Waals surface area contributed by atoms with E-state index in [1.165, 1.54) is 46.4 Å². The molecule has 2 aliphatic rings. The van der Waals surface area contributed by atoms with Crippen LogP contribution >= 0.6 is 0 Å². The van der Waals surface area contributed by atoms with Gasteiger partial charge in [0.25, 0.3) is 0 Å². The van der Waals surface area contributed by atoms with Gasteiger partial charge in [0.1, 0.15) is 0 Å². The largest absolute Gasteiger partial charge is 0.256 e. The van der Waals surface area contributed by atoms with Gasteiger partial charge in [-0.2, -0.15) is 4.57 Å². The molecule has 2 heteroatoms. The molecule has 0 N–H and O–H groups in total. The first-order valence-corrected chi connectivity index (χ1v) is 12.7. The topological polar surface area (TPSA) is 16.8 Å². The number of hydrogen-bond acceptors (Lipinski definition) is 1. The molecule has 1 saturated carbocycles. The molecule has 0 amide bonds. The minimum atomic E-state index is 0.114. The molecule has 0 radical (unpaired) electrons. The normalized spacial score (nSPS) is 23.5. The molecule has 0 saturated heterocycles. The minimum Gasteiger partial charge on any atom is -0.256 e. The maximum Gasteiger partial charge on any atom is 0.213 e. The molecule has 1 aromatic carbocycles. The fourth-order valence-corrected chi connectivity index (χ4v) is 6.32. The summed E-state index contributed by atoms with van der Waals surface area (Å²) in [6.45, 7) is 18.5. The lowest BCUT2D eigenvalue weighted by atomic mass is 9.77. The van der Waals surface area contributed by atoms with Crippen molar-refractivity contribution in [2.75, 3.05) is 0 Å². The fraction of sp³-hybridized carbons (Fsp3) is 0.484. The SMILES string of the molecule is CCC12CC1(CC)[n+]1ccc(C(C)(C)C)cc1-c1ccc(-c3cc(C(C)(C)C)ccn3)cc12. The number of pyridine rings is 2. The summed E-state index contributed by atoms with van der Waals surface area (Å²) in [7, 11) is 0. The Hall–Kier alpha value is -2.48. The highest BCUT2D eigenvalue weighted by Gasteiger charge is 2.76. The maximum absolute atomic E-state index is 4.78. The first-order chi connectivity index (χ1) is 15.5. The first kappa shape index (κ1) is 22.3. The van der Waals surface area contributed by atoms with E-state index in [0.717, 1.165) is 12.1 Å². The predicted octanol–water partition coefficient (Wildman–Crippen LogP) is 7.47. The van der Waals surface area contributed by atoms with Crippen LogP contribution in [0.3, 0.4) is 0 Å². The average Bonchev–Trinajstić information content (AvgIpc) is 3.49. The molecule has 1 aliphatic heterocycles. The number of rotatable bonds is 3. The van der Waals surface area contributed by atoms with Gasteiger partial charge in [-0.3, -0.25) is 4.98 Å². The second kappa shape index (κ2) is 7.01. The van der Waals surface area contributed by atoms with Gasteiger partial charge in [0.05, 0.1) is 16.7 Å². The Labute approximate surface area is 200 Å². The van der Waals surface area contributed by atoms with E-state index in [1.54, 1.807) is 0 Å². The van der Waals surface area contributed by atoms with Crippen molar-refractivity contribution in [1.29, 1.82) is 0 Å². The molecule has 2 atom stereocenters. The van der Waals surface area contributed by atoms with E-state index in [1.807, 2.05) is 6.20 Å². The van der Waals surface area contributed by atoms with Crippen molar-refractivity contribution in [2.24, 2.45) is 0 Å². The molecule has 0 bridgehead atoms. The third-order valence-electron chi connectivity index (χ3n) is 8.56. The van der Waals surface area contributed by atoms with E-state index in [4.69, 9.17) is 4.98 Å². The van der Waals surface area contributed by atoms with Crippen molar-refractivity contribution in [3.63, 3.8) is 0 Å².